The van der Waals surface area contributed by atoms with Gasteiger partial charge in [-0.1, -0.05) is 0 Å². The maximum atomic E-state index is 4.26. The van der Waals surface area contributed by atoms with Crippen LogP contribution in [0.4, 0.5) is 17.3 Å². The van der Waals surface area contributed by atoms with Gasteiger partial charge in [0.2, 0.25) is 5.95 Å². The van der Waals surface area contributed by atoms with E-state index < -0.39 is 0 Å². The van der Waals surface area contributed by atoms with E-state index in [1.54, 1.807) is 6.20 Å². The Bertz CT molecular complexity index is 687. The first-order chi connectivity index (χ1) is 11.8. The summed E-state index contributed by atoms with van der Waals surface area (Å²) in [4.78, 5) is 6.55. The lowest BCUT2D eigenvalue weighted by atomic mass is 10.1. The van der Waals surface area contributed by atoms with Crippen LogP contribution in [0.3, 0.4) is 0 Å². The predicted molar refractivity (Wildman–Crippen MR) is 104 cm³/mol. The van der Waals surface area contributed by atoms with E-state index in [1.165, 1.54) is 5.69 Å². The topological polar surface area (TPSA) is 45.8 Å². The second-order valence-corrected chi connectivity index (χ2v) is 7.39. The number of azo groups is 1. The Hall–Kier alpha value is -1.73. The summed E-state index contributed by atoms with van der Waals surface area (Å²) in [5.41, 5.74) is 2.06. The quantitative estimate of drug-likeness (QED) is 0.473. The van der Waals surface area contributed by atoms with Crippen molar-refractivity contribution in [1.29, 1.82) is 0 Å². The zero-order valence-electron chi connectivity index (χ0n) is 16.7. The predicted octanol–water partition coefficient (Wildman–Crippen LogP) is 1.15. The number of hydrogen-bond donors (Lipinski definition) is 0. The van der Waals surface area contributed by atoms with Crippen molar-refractivity contribution in [2.24, 2.45) is 17.3 Å². The van der Waals surface area contributed by atoms with Crippen LogP contribution < -0.4 is 21.9 Å². The molecule has 0 aliphatic rings. The number of nitrogens with zero attached hydrogens (tertiary/aromatic N) is 6. The molecule has 0 amide bonds. The number of imidazole rings is 1. The number of anilines is 1. The van der Waals surface area contributed by atoms with Gasteiger partial charge in [0.1, 0.15) is 0 Å². The molecule has 0 aliphatic carbocycles. The molecular formula is C19H31BrN6. The normalized spacial score (nSPS) is 12.8. The third kappa shape index (κ3) is 6.21. The summed E-state index contributed by atoms with van der Waals surface area (Å²) in [5.74, 6) is 0.605. The van der Waals surface area contributed by atoms with Gasteiger partial charge in [-0.25, -0.2) is 4.98 Å². The monoisotopic (exact) mass is 422 g/mol. The average molecular weight is 423 g/mol. The van der Waals surface area contributed by atoms with Crippen molar-refractivity contribution < 1.29 is 21.5 Å². The minimum absolute atomic E-state index is 0. The molecule has 1 aromatic carbocycles. The van der Waals surface area contributed by atoms with Gasteiger partial charge in [-0.15, -0.1) is 10.2 Å². The Kier molecular flexibility index (Phi) is 8.43. The van der Waals surface area contributed by atoms with Gasteiger partial charge >= 0.3 is 0 Å². The van der Waals surface area contributed by atoms with E-state index in [1.807, 2.05) is 29.9 Å². The summed E-state index contributed by atoms with van der Waals surface area (Å²) in [6, 6.07) is 8.88. The van der Waals surface area contributed by atoms with Gasteiger partial charge in [-0.05, 0) is 38.1 Å². The van der Waals surface area contributed by atoms with E-state index in [0.29, 0.717) is 12.0 Å². The van der Waals surface area contributed by atoms with Crippen LogP contribution in [-0.2, 0) is 7.05 Å². The van der Waals surface area contributed by atoms with Gasteiger partial charge < -0.3 is 30.9 Å². The van der Waals surface area contributed by atoms with Crippen LogP contribution in [0.5, 0.6) is 0 Å². The van der Waals surface area contributed by atoms with Crippen molar-refractivity contribution >= 4 is 17.3 Å². The van der Waals surface area contributed by atoms with Gasteiger partial charge in [-0.2, -0.15) is 0 Å². The second-order valence-electron chi connectivity index (χ2n) is 7.39. The fraction of sp³-hybridized carbons (Fsp3) is 0.526. The van der Waals surface area contributed by atoms with E-state index in [0.717, 1.165) is 29.7 Å². The van der Waals surface area contributed by atoms with E-state index in [9.17, 15) is 0 Å². The Balaban J connectivity index is 0.00000338. The molecule has 0 spiro atoms. The first-order valence-electron chi connectivity index (χ1n) is 8.86. The molecule has 1 atom stereocenters. The molecule has 2 rings (SSSR count). The zero-order valence-corrected chi connectivity index (χ0v) is 18.3. The largest absolute Gasteiger partial charge is 1.00 e. The Labute approximate surface area is 167 Å². The lowest BCUT2D eigenvalue weighted by molar-refractivity contribution is -0.894. The minimum atomic E-state index is 0. The molecule has 6 nitrogen and oxygen atoms in total. The fourth-order valence-electron chi connectivity index (χ4n) is 2.49. The van der Waals surface area contributed by atoms with Crippen molar-refractivity contribution in [3.05, 3.63) is 36.7 Å². The summed E-state index contributed by atoms with van der Waals surface area (Å²) in [6.07, 6.45) is 4.74. The van der Waals surface area contributed by atoms with Crippen molar-refractivity contribution in [1.82, 2.24) is 9.55 Å². The molecule has 7 heteroatoms. The van der Waals surface area contributed by atoms with Gasteiger partial charge in [-0.3, -0.25) is 0 Å². The first kappa shape index (κ1) is 22.3. The number of benzene rings is 1. The third-order valence-electron chi connectivity index (χ3n) is 4.79. The summed E-state index contributed by atoms with van der Waals surface area (Å²) in [5, 5.41) is 8.44. The molecular weight excluding hydrogens is 392 g/mol. The molecule has 0 aliphatic heterocycles. The molecule has 0 saturated heterocycles. The molecule has 0 radical (unpaired) electrons. The van der Waals surface area contributed by atoms with Gasteiger partial charge in [0.25, 0.3) is 0 Å². The average Bonchev–Trinajstić information content (AvgIpc) is 2.98. The highest BCUT2D eigenvalue weighted by molar-refractivity contribution is 5.52. The first-order valence-corrected chi connectivity index (χ1v) is 8.86. The maximum absolute atomic E-state index is 4.26. The Morgan fingerprint density at radius 3 is 2.31 bits per heavy atom. The van der Waals surface area contributed by atoms with Crippen molar-refractivity contribution in [2.45, 2.75) is 26.3 Å². The van der Waals surface area contributed by atoms with Crippen LogP contribution >= 0.6 is 0 Å². The molecule has 1 unspecified atom stereocenters. The van der Waals surface area contributed by atoms with Crippen molar-refractivity contribution in [3.8, 4) is 0 Å². The minimum Gasteiger partial charge on any atom is -1.00 e. The number of quaternary nitrogens is 1. The van der Waals surface area contributed by atoms with Crippen LogP contribution in [-0.4, -0.2) is 54.3 Å². The molecule has 1 aromatic heterocycles. The highest BCUT2D eigenvalue weighted by atomic mass is 79.9. The number of rotatable bonds is 8. The third-order valence-corrected chi connectivity index (χ3v) is 4.79. The molecule has 0 N–H and O–H groups in total. The molecule has 1 heterocycles. The standard InChI is InChI=1S/C19H31N6.BrH/c1-7-24(14-12-16(2)25(4,5)6)18-10-8-17(9-11-18)21-22-19-20-13-15-23(19)3;/h8-11,13,15-16H,7,12,14H2,1-6H3;1H/q+1;/p-1/b22-21+;. The Morgan fingerprint density at radius 2 is 1.81 bits per heavy atom. The van der Waals surface area contributed by atoms with Crippen LogP contribution in [0.25, 0.3) is 0 Å². The zero-order chi connectivity index (χ0) is 18.4. The van der Waals surface area contributed by atoms with E-state index in [2.05, 4.69) is 67.2 Å². The molecule has 0 bridgehead atoms. The van der Waals surface area contributed by atoms with Crippen LogP contribution in [0.15, 0.2) is 46.9 Å². The maximum Gasteiger partial charge on any atom is 0.249 e. The number of halogens is 1. The fourth-order valence-corrected chi connectivity index (χ4v) is 2.49. The summed E-state index contributed by atoms with van der Waals surface area (Å²) < 4.78 is 2.83. The number of aryl methyl sites for hydroxylation is 1. The van der Waals surface area contributed by atoms with E-state index in [-0.39, 0.29) is 17.0 Å². The lowest BCUT2D eigenvalue weighted by Gasteiger charge is -2.33. The van der Waals surface area contributed by atoms with Crippen LogP contribution in [0, 0.1) is 0 Å². The van der Waals surface area contributed by atoms with Gasteiger partial charge in [0.05, 0.1) is 32.9 Å². The molecule has 0 saturated carbocycles. The van der Waals surface area contributed by atoms with Gasteiger partial charge in [0, 0.05) is 44.6 Å². The summed E-state index contributed by atoms with van der Waals surface area (Å²) in [7, 11) is 8.66. The highest BCUT2D eigenvalue weighted by Crippen LogP contribution is 2.22. The highest BCUT2D eigenvalue weighted by Gasteiger charge is 2.19. The molecule has 2 aromatic rings. The van der Waals surface area contributed by atoms with Crippen LogP contribution in [0.2, 0.25) is 0 Å². The van der Waals surface area contributed by atoms with E-state index >= 15 is 0 Å². The lowest BCUT2D eigenvalue weighted by Crippen LogP contribution is -3.00. The summed E-state index contributed by atoms with van der Waals surface area (Å²) in [6.45, 7) is 6.57. The van der Waals surface area contributed by atoms with Crippen molar-refractivity contribution in [3.63, 3.8) is 0 Å². The van der Waals surface area contributed by atoms with Crippen LogP contribution in [0.1, 0.15) is 20.3 Å². The van der Waals surface area contributed by atoms with E-state index in [4.69, 9.17) is 0 Å². The van der Waals surface area contributed by atoms with Crippen molar-refractivity contribution in [2.75, 3.05) is 39.1 Å². The smallest absolute Gasteiger partial charge is 0.249 e. The molecule has 0 fully saturated rings. The molecule has 26 heavy (non-hydrogen) atoms. The number of aromatic nitrogens is 2. The SMILES string of the molecule is CCN(CCC(C)[N+](C)(C)C)c1ccc(/N=N/c2nccn2C)cc1.[Br-]. The second kappa shape index (κ2) is 9.83. The summed E-state index contributed by atoms with van der Waals surface area (Å²) >= 11 is 0. The molecule has 144 valence electrons. The number of hydrogen-bond acceptors (Lipinski definition) is 4. The van der Waals surface area contributed by atoms with Gasteiger partial charge in [0.15, 0.2) is 0 Å². The Morgan fingerprint density at radius 1 is 1.15 bits per heavy atom.